The van der Waals surface area contributed by atoms with Crippen molar-refractivity contribution in [2.45, 2.75) is 11.7 Å². The maximum atomic E-state index is 12.8. The van der Waals surface area contributed by atoms with Gasteiger partial charge in [-0.25, -0.2) is 16.8 Å². The van der Waals surface area contributed by atoms with Crippen LogP contribution in [0.2, 0.25) is 0 Å². The molecule has 172 valence electrons. The summed E-state index contributed by atoms with van der Waals surface area (Å²) in [5.41, 5.74) is 2.67. The number of rotatable bonds is 6. The van der Waals surface area contributed by atoms with Crippen molar-refractivity contribution in [3.8, 4) is 11.1 Å². The number of para-hydroxylation sites is 1. The number of nitrogens with zero attached hydrogens (tertiary/aromatic N) is 2. The summed E-state index contributed by atoms with van der Waals surface area (Å²) in [6.45, 7) is 1.52. The van der Waals surface area contributed by atoms with Crippen LogP contribution in [0, 0.1) is 0 Å². The molecule has 2 heterocycles. The molecule has 1 N–H and O–H groups in total. The van der Waals surface area contributed by atoms with Crippen molar-refractivity contribution in [1.82, 2.24) is 9.21 Å². The van der Waals surface area contributed by atoms with Crippen LogP contribution in [-0.2, 0) is 24.7 Å². The number of anilines is 1. The molecule has 0 saturated carbocycles. The number of hydrogen-bond acceptors (Lipinski definition) is 6. The summed E-state index contributed by atoms with van der Waals surface area (Å²) in [7, 11) is -6.91. The van der Waals surface area contributed by atoms with Gasteiger partial charge >= 0.3 is 0 Å². The minimum Gasteiger partial charge on any atom is -0.324 e. The summed E-state index contributed by atoms with van der Waals surface area (Å²) in [6, 6.07) is 17.4. The van der Waals surface area contributed by atoms with E-state index in [1.807, 2.05) is 59.5 Å². The van der Waals surface area contributed by atoms with E-state index in [1.54, 1.807) is 0 Å². The fourth-order valence-corrected chi connectivity index (χ4v) is 8.72. The number of sulfone groups is 1. The van der Waals surface area contributed by atoms with E-state index in [-0.39, 0.29) is 43.5 Å². The second kappa shape index (κ2) is 9.30. The van der Waals surface area contributed by atoms with E-state index in [0.717, 1.165) is 16.8 Å². The molecule has 2 aliphatic rings. The fourth-order valence-electron chi connectivity index (χ4n) is 4.20. The van der Waals surface area contributed by atoms with Gasteiger partial charge in [0.15, 0.2) is 9.84 Å². The molecule has 32 heavy (non-hydrogen) atoms. The molecule has 2 aliphatic heterocycles. The largest absolute Gasteiger partial charge is 0.324 e. The van der Waals surface area contributed by atoms with Crippen LogP contribution in [0.5, 0.6) is 0 Å². The van der Waals surface area contributed by atoms with Gasteiger partial charge < -0.3 is 5.32 Å². The number of carbonyl (C=O) groups is 1. The number of sulfonamides is 1. The third kappa shape index (κ3) is 5.20. The zero-order chi connectivity index (χ0) is 22.8. The first-order valence-electron chi connectivity index (χ1n) is 10.6. The molecule has 0 spiro atoms. The minimum atomic E-state index is -3.64. The Labute approximate surface area is 189 Å². The molecule has 0 bridgehead atoms. The van der Waals surface area contributed by atoms with Gasteiger partial charge in [-0.2, -0.15) is 4.31 Å². The highest BCUT2D eigenvalue weighted by molar-refractivity contribution is 7.95. The van der Waals surface area contributed by atoms with E-state index in [9.17, 15) is 21.6 Å². The van der Waals surface area contributed by atoms with E-state index in [2.05, 4.69) is 5.32 Å². The van der Waals surface area contributed by atoms with E-state index in [0.29, 0.717) is 13.1 Å². The van der Waals surface area contributed by atoms with Crippen LogP contribution in [0.4, 0.5) is 5.69 Å². The van der Waals surface area contributed by atoms with Crippen molar-refractivity contribution in [2.75, 3.05) is 49.5 Å². The average Bonchev–Trinajstić information content (AvgIpc) is 3.15. The number of nitrogens with one attached hydrogen (secondary N) is 1. The zero-order valence-electron chi connectivity index (χ0n) is 17.7. The van der Waals surface area contributed by atoms with Gasteiger partial charge in [0.25, 0.3) is 0 Å². The summed E-state index contributed by atoms with van der Waals surface area (Å²) >= 11 is 0. The number of amides is 1. The number of carbonyl (C=O) groups excluding carboxylic acids is 1. The highest BCUT2D eigenvalue weighted by Crippen LogP contribution is 2.27. The third-order valence-corrected chi connectivity index (χ3v) is 10.3. The normalized spacial score (nSPS) is 21.9. The molecule has 10 heteroatoms. The van der Waals surface area contributed by atoms with Gasteiger partial charge in [0.2, 0.25) is 15.9 Å². The number of hydrogen-bond donors (Lipinski definition) is 1. The van der Waals surface area contributed by atoms with Gasteiger partial charge in [0.1, 0.15) is 0 Å². The molecule has 0 unspecified atom stereocenters. The molecule has 2 saturated heterocycles. The van der Waals surface area contributed by atoms with Crippen molar-refractivity contribution >= 4 is 31.5 Å². The molecule has 2 aromatic rings. The first-order chi connectivity index (χ1) is 15.2. The second-order valence-corrected chi connectivity index (χ2v) is 12.6. The Balaban J connectivity index is 1.33. The molecule has 2 aromatic carbocycles. The molecule has 4 rings (SSSR count). The zero-order valence-corrected chi connectivity index (χ0v) is 19.3. The molecule has 0 aromatic heterocycles. The molecule has 0 aliphatic carbocycles. The van der Waals surface area contributed by atoms with Gasteiger partial charge in [-0.1, -0.05) is 48.5 Å². The predicted octanol–water partition coefficient (Wildman–Crippen LogP) is 1.43. The van der Waals surface area contributed by atoms with Crippen LogP contribution in [-0.4, -0.2) is 81.4 Å². The first kappa shape index (κ1) is 22.9. The smallest absolute Gasteiger partial charge is 0.238 e. The van der Waals surface area contributed by atoms with Gasteiger partial charge in [0.05, 0.1) is 23.3 Å². The molecule has 8 nitrogen and oxygen atoms in total. The predicted molar refractivity (Wildman–Crippen MR) is 124 cm³/mol. The molecule has 1 amide bonds. The first-order valence-corrected chi connectivity index (χ1v) is 13.9. The number of piperazine rings is 1. The van der Waals surface area contributed by atoms with Crippen molar-refractivity contribution in [3.05, 3.63) is 54.6 Å². The lowest BCUT2D eigenvalue weighted by Gasteiger charge is -2.34. The summed E-state index contributed by atoms with van der Waals surface area (Å²) in [6.07, 6.45) is 0.161. The lowest BCUT2D eigenvalue weighted by molar-refractivity contribution is -0.117. The highest BCUT2D eigenvalue weighted by atomic mass is 32.2. The third-order valence-electron chi connectivity index (χ3n) is 5.96. The topological polar surface area (TPSA) is 104 Å². The molecular formula is C22H27N3O5S2. The van der Waals surface area contributed by atoms with Gasteiger partial charge in [-0.05, 0) is 18.1 Å². The summed E-state index contributed by atoms with van der Waals surface area (Å²) in [4.78, 5) is 14.6. The van der Waals surface area contributed by atoms with Crippen LogP contribution >= 0.6 is 0 Å². The number of benzene rings is 2. The Morgan fingerprint density at radius 3 is 2.28 bits per heavy atom. The molecule has 0 radical (unpaired) electrons. The van der Waals surface area contributed by atoms with E-state index in [4.69, 9.17) is 0 Å². The summed E-state index contributed by atoms with van der Waals surface area (Å²) in [5.74, 6) is -0.521. The summed E-state index contributed by atoms with van der Waals surface area (Å²) in [5, 5.41) is 2.12. The van der Waals surface area contributed by atoms with Crippen molar-refractivity contribution in [2.24, 2.45) is 0 Å². The second-order valence-electron chi connectivity index (χ2n) is 8.20. The Kier molecular flexibility index (Phi) is 6.66. The highest BCUT2D eigenvalue weighted by Gasteiger charge is 2.41. The van der Waals surface area contributed by atoms with E-state index >= 15 is 0 Å². The van der Waals surface area contributed by atoms with E-state index in [1.165, 1.54) is 4.31 Å². The molecule has 1 atom stereocenters. The SMILES string of the molecule is O=C(CN1CCN(S(=O)(=O)[C@H]2CCS(=O)(=O)C2)CC1)Nc1ccccc1-c1ccccc1. The maximum Gasteiger partial charge on any atom is 0.238 e. The Morgan fingerprint density at radius 2 is 1.62 bits per heavy atom. The quantitative estimate of drug-likeness (QED) is 0.675. The van der Waals surface area contributed by atoms with Crippen LogP contribution in [0.25, 0.3) is 11.1 Å². The van der Waals surface area contributed by atoms with E-state index < -0.39 is 25.1 Å². The monoisotopic (exact) mass is 477 g/mol. The van der Waals surface area contributed by atoms with Crippen LogP contribution < -0.4 is 5.32 Å². The van der Waals surface area contributed by atoms with Crippen molar-refractivity contribution < 1.29 is 21.6 Å². The Morgan fingerprint density at radius 1 is 0.969 bits per heavy atom. The van der Waals surface area contributed by atoms with Crippen LogP contribution in [0.1, 0.15) is 6.42 Å². The van der Waals surface area contributed by atoms with Crippen LogP contribution in [0.15, 0.2) is 54.6 Å². The minimum absolute atomic E-state index is 0.0680. The maximum absolute atomic E-state index is 12.8. The lowest BCUT2D eigenvalue weighted by Crippen LogP contribution is -2.52. The van der Waals surface area contributed by atoms with Gasteiger partial charge in [-0.15, -0.1) is 0 Å². The molecule has 2 fully saturated rings. The fraction of sp³-hybridized carbons (Fsp3) is 0.409. The van der Waals surface area contributed by atoms with Gasteiger partial charge in [0, 0.05) is 37.4 Å². The Bertz CT molecular complexity index is 1180. The van der Waals surface area contributed by atoms with Crippen molar-refractivity contribution in [3.63, 3.8) is 0 Å². The summed E-state index contributed by atoms with van der Waals surface area (Å²) < 4.78 is 50.3. The standard InChI is InChI=1S/C22H27N3O5S2/c26-22(23-21-9-5-4-8-20(21)18-6-2-1-3-7-18)16-24-11-13-25(14-12-24)32(29,30)19-10-15-31(27,28)17-19/h1-9,19H,10-17H2,(H,23,26)/t19-/m0/s1. The Hall–Kier alpha value is -2.27. The lowest BCUT2D eigenvalue weighted by atomic mass is 10.0. The molecular weight excluding hydrogens is 450 g/mol. The van der Waals surface area contributed by atoms with Gasteiger partial charge in [-0.3, -0.25) is 9.69 Å². The average molecular weight is 478 g/mol. The van der Waals surface area contributed by atoms with Crippen LogP contribution in [0.3, 0.4) is 0 Å². The van der Waals surface area contributed by atoms with Crippen molar-refractivity contribution in [1.29, 1.82) is 0 Å².